The molecule has 2 aromatic carbocycles. The maximum absolute atomic E-state index is 13.1. The number of benzene rings is 2. The minimum Gasteiger partial charge on any atom is -0.343 e. The zero-order valence-corrected chi connectivity index (χ0v) is 11.6. The lowest BCUT2D eigenvalue weighted by Crippen LogP contribution is -1.88. The molecule has 0 aliphatic rings. The summed E-state index contributed by atoms with van der Waals surface area (Å²) in [5, 5.41) is 1.09. The Kier molecular flexibility index (Phi) is 2.93. The first kappa shape index (κ1) is 12.7. The van der Waals surface area contributed by atoms with Crippen LogP contribution in [0.3, 0.4) is 0 Å². The first-order valence-electron chi connectivity index (χ1n) is 6.97. The topological polar surface area (TPSA) is 41.6 Å². The standard InChI is InChI=1S/C18H12FN3/c19-14-8-5-13(6-9-14)17-18(21-11-20-17)16-10-7-12-3-1-2-4-15(12)22-16/h1-11H,(H,20,21). The van der Waals surface area contributed by atoms with Crippen molar-refractivity contribution in [3.05, 3.63) is 72.8 Å². The van der Waals surface area contributed by atoms with Crippen LogP contribution in [0, 0.1) is 5.82 Å². The number of hydrogen-bond donors (Lipinski definition) is 1. The second-order valence-corrected chi connectivity index (χ2v) is 5.02. The minimum atomic E-state index is -0.260. The van der Waals surface area contributed by atoms with Crippen LogP contribution in [0.2, 0.25) is 0 Å². The predicted molar refractivity (Wildman–Crippen MR) is 84.7 cm³/mol. The highest BCUT2D eigenvalue weighted by molar-refractivity contribution is 5.83. The fraction of sp³-hybridized carbons (Fsp3) is 0. The number of H-pyrrole nitrogens is 1. The monoisotopic (exact) mass is 289 g/mol. The lowest BCUT2D eigenvalue weighted by molar-refractivity contribution is 0.628. The van der Waals surface area contributed by atoms with E-state index < -0.39 is 0 Å². The molecule has 2 heterocycles. The Labute approximate surface area is 126 Å². The van der Waals surface area contributed by atoms with Gasteiger partial charge >= 0.3 is 0 Å². The van der Waals surface area contributed by atoms with Gasteiger partial charge in [-0.1, -0.05) is 24.3 Å². The van der Waals surface area contributed by atoms with Gasteiger partial charge in [-0.25, -0.2) is 14.4 Å². The quantitative estimate of drug-likeness (QED) is 0.593. The van der Waals surface area contributed by atoms with Crippen LogP contribution in [-0.4, -0.2) is 15.0 Å². The van der Waals surface area contributed by atoms with Crippen molar-refractivity contribution in [3.63, 3.8) is 0 Å². The van der Waals surface area contributed by atoms with Gasteiger partial charge in [-0.05, 0) is 36.4 Å². The molecule has 4 heteroatoms. The van der Waals surface area contributed by atoms with Crippen molar-refractivity contribution < 1.29 is 4.39 Å². The van der Waals surface area contributed by atoms with Crippen molar-refractivity contribution in [1.29, 1.82) is 0 Å². The average molecular weight is 289 g/mol. The molecular weight excluding hydrogens is 277 g/mol. The van der Waals surface area contributed by atoms with Gasteiger partial charge in [-0.2, -0.15) is 0 Å². The molecule has 0 amide bonds. The van der Waals surface area contributed by atoms with Gasteiger partial charge in [0.2, 0.25) is 0 Å². The number of aromatic nitrogens is 3. The van der Waals surface area contributed by atoms with Crippen LogP contribution in [0.1, 0.15) is 0 Å². The Morgan fingerprint density at radius 1 is 0.864 bits per heavy atom. The molecule has 0 spiro atoms. The Morgan fingerprint density at radius 2 is 1.68 bits per heavy atom. The van der Waals surface area contributed by atoms with Crippen LogP contribution in [0.25, 0.3) is 33.5 Å². The van der Waals surface area contributed by atoms with E-state index in [9.17, 15) is 4.39 Å². The van der Waals surface area contributed by atoms with Crippen LogP contribution in [-0.2, 0) is 0 Å². The van der Waals surface area contributed by atoms with Crippen molar-refractivity contribution in [3.8, 4) is 22.6 Å². The first-order chi connectivity index (χ1) is 10.8. The minimum absolute atomic E-state index is 0.260. The Balaban J connectivity index is 1.85. The zero-order valence-electron chi connectivity index (χ0n) is 11.6. The fourth-order valence-electron chi connectivity index (χ4n) is 2.52. The number of fused-ring (bicyclic) bond motifs is 1. The Morgan fingerprint density at radius 3 is 2.55 bits per heavy atom. The van der Waals surface area contributed by atoms with Gasteiger partial charge in [-0.3, -0.25) is 0 Å². The molecule has 2 aromatic heterocycles. The smallest absolute Gasteiger partial charge is 0.123 e. The SMILES string of the molecule is Fc1ccc(-c2nc[nH]c2-c2ccc3ccccc3n2)cc1. The van der Waals surface area contributed by atoms with Crippen molar-refractivity contribution in [2.75, 3.05) is 0 Å². The van der Waals surface area contributed by atoms with Crippen LogP contribution in [0.15, 0.2) is 67.0 Å². The summed E-state index contributed by atoms with van der Waals surface area (Å²) >= 11 is 0. The third-order valence-corrected chi connectivity index (χ3v) is 3.61. The summed E-state index contributed by atoms with van der Waals surface area (Å²) in [4.78, 5) is 12.2. The number of imidazole rings is 1. The molecule has 3 nitrogen and oxygen atoms in total. The number of halogens is 1. The number of aromatic amines is 1. The van der Waals surface area contributed by atoms with E-state index in [0.717, 1.165) is 33.5 Å². The normalized spacial score (nSPS) is 11.0. The van der Waals surface area contributed by atoms with E-state index in [-0.39, 0.29) is 5.82 Å². The molecule has 1 N–H and O–H groups in total. The van der Waals surface area contributed by atoms with Crippen molar-refractivity contribution >= 4 is 10.9 Å². The molecule has 4 rings (SSSR count). The molecule has 0 radical (unpaired) electrons. The van der Waals surface area contributed by atoms with Gasteiger partial charge in [0, 0.05) is 10.9 Å². The number of hydrogen-bond acceptors (Lipinski definition) is 2. The molecule has 106 valence electrons. The number of rotatable bonds is 2. The number of para-hydroxylation sites is 1. The van der Waals surface area contributed by atoms with Crippen LogP contribution in [0.5, 0.6) is 0 Å². The van der Waals surface area contributed by atoms with Gasteiger partial charge < -0.3 is 4.98 Å². The third-order valence-electron chi connectivity index (χ3n) is 3.61. The summed E-state index contributed by atoms with van der Waals surface area (Å²) in [5.41, 5.74) is 4.20. The molecule has 0 unspecified atom stereocenters. The molecule has 0 saturated carbocycles. The lowest BCUT2D eigenvalue weighted by atomic mass is 10.1. The van der Waals surface area contributed by atoms with E-state index in [4.69, 9.17) is 0 Å². The first-order valence-corrected chi connectivity index (χ1v) is 6.97. The Bertz CT molecular complexity index is 942. The van der Waals surface area contributed by atoms with E-state index in [2.05, 4.69) is 15.0 Å². The van der Waals surface area contributed by atoms with E-state index in [0.29, 0.717) is 0 Å². The van der Waals surface area contributed by atoms with Gasteiger partial charge in [0.25, 0.3) is 0 Å². The summed E-state index contributed by atoms with van der Waals surface area (Å²) in [6.45, 7) is 0. The highest BCUT2D eigenvalue weighted by atomic mass is 19.1. The molecule has 0 aliphatic heterocycles. The summed E-state index contributed by atoms with van der Waals surface area (Å²) in [7, 11) is 0. The van der Waals surface area contributed by atoms with Crippen LogP contribution < -0.4 is 0 Å². The number of nitrogens with one attached hydrogen (secondary N) is 1. The van der Waals surface area contributed by atoms with E-state index in [1.807, 2.05) is 36.4 Å². The van der Waals surface area contributed by atoms with E-state index in [1.165, 1.54) is 12.1 Å². The van der Waals surface area contributed by atoms with Crippen LogP contribution in [0.4, 0.5) is 4.39 Å². The maximum Gasteiger partial charge on any atom is 0.123 e. The molecular formula is C18H12FN3. The third kappa shape index (κ3) is 2.15. The van der Waals surface area contributed by atoms with Crippen molar-refractivity contribution in [2.24, 2.45) is 0 Å². The van der Waals surface area contributed by atoms with Gasteiger partial charge in [0.1, 0.15) is 5.82 Å². The fourth-order valence-corrected chi connectivity index (χ4v) is 2.52. The maximum atomic E-state index is 13.1. The highest BCUT2D eigenvalue weighted by Gasteiger charge is 2.12. The van der Waals surface area contributed by atoms with Crippen molar-refractivity contribution in [2.45, 2.75) is 0 Å². The highest BCUT2D eigenvalue weighted by Crippen LogP contribution is 2.29. The van der Waals surface area contributed by atoms with Gasteiger partial charge in [0.05, 0.1) is 28.9 Å². The summed E-state index contributed by atoms with van der Waals surface area (Å²) in [6, 6.07) is 18.3. The second-order valence-electron chi connectivity index (χ2n) is 5.02. The summed E-state index contributed by atoms with van der Waals surface area (Å²) in [5.74, 6) is -0.260. The molecule has 0 atom stereocenters. The molecule has 0 saturated heterocycles. The number of nitrogens with zero attached hydrogens (tertiary/aromatic N) is 2. The average Bonchev–Trinajstić information content (AvgIpc) is 3.05. The lowest BCUT2D eigenvalue weighted by Gasteiger charge is -2.04. The molecule has 4 aromatic rings. The van der Waals surface area contributed by atoms with Gasteiger partial charge in [-0.15, -0.1) is 0 Å². The molecule has 0 fully saturated rings. The second kappa shape index (κ2) is 5.07. The molecule has 22 heavy (non-hydrogen) atoms. The predicted octanol–water partition coefficient (Wildman–Crippen LogP) is 4.43. The molecule has 0 aliphatic carbocycles. The zero-order chi connectivity index (χ0) is 14.9. The summed E-state index contributed by atoms with van der Waals surface area (Å²) < 4.78 is 13.1. The summed E-state index contributed by atoms with van der Waals surface area (Å²) in [6.07, 6.45) is 1.63. The van der Waals surface area contributed by atoms with Crippen LogP contribution >= 0.6 is 0 Å². The number of pyridine rings is 1. The largest absolute Gasteiger partial charge is 0.343 e. The van der Waals surface area contributed by atoms with E-state index in [1.54, 1.807) is 18.5 Å². The van der Waals surface area contributed by atoms with Gasteiger partial charge in [0.15, 0.2) is 0 Å². The van der Waals surface area contributed by atoms with Crippen molar-refractivity contribution in [1.82, 2.24) is 15.0 Å². The Hall–Kier alpha value is -3.01. The molecule has 0 bridgehead atoms. The van der Waals surface area contributed by atoms with E-state index >= 15 is 0 Å².